The van der Waals surface area contributed by atoms with Crippen molar-refractivity contribution < 1.29 is 18.1 Å². The standard InChI is InChI=1S/C21H12BrF3N4O2S/c22-15-6-4-5-13(11-15)19-26-27-20(28(19)16-7-2-1-3-8-16)32-18-10-9-14(21(23,24)25)12-17(18)29(30)31/h1-12H. The number of nitro benzene ring substituents is 1. The minimum Gasteiger partial charge on any atom is -0.270 e. The maximum atomic E-state index is 13.0. The van der Waals surface area contributed by atoms with Gasteiger partial charge in [0.05, 0.1) is 15.4 Å². The number of para-hydroxylation sites is 1. The minimum absolute atomic E-state index is 0.0216. The van der Waals surface area contributed by atoms with Crippen molar-refractivity contribution >= 4 is 33.4 Å². The SMILES string of the molecule is O=[N+]([O-])c1cc(C(F)(F)F)ccc1Sc1nnc(-c2cccc(Br)c2)n1-c1ccccc1. The number of alkyl halides is 3. The van der Waals surface area contributed by atoms with Gasteiger partial charge < -0.3 is 0 Å². The lowest BCUT2D eigenvalue weighted by molar-refractivity contribution is -0.388. The average molecular weight is 521 g/mol. The second-order valence-corrected chi connectivity index (χ2v) is 8.45. The summed E-state index contributed by atoms with van der Waals surface area (Å²) in [6.07, 6.45) is -4.69. The molecule has 0 amide bonds. The van der Waals surface area contributed by atoms with Crippen LogP contribution in [0.4, 0.5) is 18.9 Å². The zero-order valence-electron chi connectivity index (χ0n) is 16.0. The number of rotatable bonds is 5. The Morgan fingerprint density at radius 2 is 1.72 bits per heavy atom. The molecular formula is C21H12BrF3N4O2S. The molecule has 11 heteroatoms. The van der Waals surface area contributed by atoms with Gasteiger partial charge in [0, 0.05) is 21.8 Å². The predicted molar refractivity (Wildman–Crippen MR) is 117 cm³/mol. The van der Waals surface area contributed by atoms with Gasteiger partial charge in [-0.1, -0.05) is 46.3 Å². The molecule has 4 aromatic rings. The van der Waals surface area contributed by atoms with Gasteiger partial charge in [-0.3, -0.25) is 14.7 Å². The highest BCUT2D eigenvalue weighted by atomic mass is 79.9. The van der Waals surface area contributed by atoms with Crippen molar-refractivity contribution in [1.82, 2.24) is 14.8 Å². The quantitative estimate of drug-likeness (QED) is 0.214. The van der Waals surface area contributed by atoms with Gasteiger partial charge in [0.1, 0.15) is 0 Å². The molecule has 0 aliphatic heterocycles. The molecule has 162 valence electrons. The van der Waals surface area contributed by atoms with Crippen LogP contribution >= 0.6 is 27.7 Å². The third kappa shape index (κ3) is 4.53. The molecule has 0 aliphatic carbocycles. The van der Waals surface area contributed by atoms with Crippen LogP contribution in [0.15, 0.2) is 87.3 Å². The van der Waals surface area contributed by atoms with Crippen LogP contribution in [0.1, 0.15) is 5.56 Å². The maximum Gasteiger partial charge on any atom is 0.416 e. The third-order valence-electron chi connectivity index (χ3n) is 4.41. The fourth-order valence-corrected chi connectivity index (χ4v) is 4.32. The smallest absolute Gasteiger partial charge is 0.270 e. The van der Waals surface area contributed by atoms with Crippen LogP contribution in [0.25, 0.3) is 17.1 Å². The largest absolute Gasteiger partial charge is 0.416 e. The molecule has 0 spiro atoms. The lowest BCUT2D eigenvalue weighted by Crippen LogP contribution is -2.06. The third-order valence-corrected chi connectivity index (χ3v) is 5.92. The highest BCUT2D eigenvalue weighted by molar-refractivity contribution is 9.10. The van der Waals surface area contributed by atoms with Crippen molar-refractivity contribution in [3.63, 3.8) is 0 Å². The summed E-state index contributed by atoms with van der Waals surface area (Å²) < 4.78 is 41.6. The Morgan fingerprint density at radius 3 is 2.38 bits per heavy atom. The molecule has 0 fully saturated rings. The molecule has 0 saturated carbocycles. The number of nitro groups is 1. The second-order valence-electron chi connectivity index (χ2n) is 6.53. The van der Waals surface area contributed by atoms with Gasteiger partial charge >= 0.3 is 6.18 Å². The Morgan fingerprint density at radius 1 is 0.969 bits per heavy atom. The van der Waals surface area contributed by atoms with Crippen LogP contribution in [-0.4, -0.2) is 19.7 Å². The van der Waals surface area contributed by atoms with E-state index < -0.39 is 22.4 Å². The fraction of sp³-hybridized carbons (Fsp3) is 0.0476. The molecule has 6 nitrogen and oxygen atoms in total. The number of hydrogen-bond donors (Lipinski definition) is 0. The van der Waals surface area contributed by atoms with Gasteiger partial charge in [-0.15, -0.1) is 10.2 Å². The van der Waals surface area contributed by atoms with E-state index in [1.54, 1.807) is 4.57 Å². The predicted octanol–water partition coefficient (Wildman–Crippen LogP) is 6.78. The summed E-state index contributed by atoms with van der Waals surface area (Å²) in [5.74, 6) is 0.481. The van der Waals surface area contributed by atoms with Gasteiger partial charge in [0.25, 0.3) is 5.69 Å². The summed E-state index contributed by atoms with van der Waals surface area (Å²) in [7, 11) is 0. The zero-order valence-corrected chi connectivity index (χ0v) is 18.4. The number of aromatic nitrogens is 3. The topological polar surface area (TPSA) is 73.8 Å². The molecule has 3 aromatic carbocycles. The number of hydrogen-bond acceptors (Lipinski definition) is 5. The molecule has 0 atom stereocenters. The highest BCUT2D eigenvalue weighted by Crippen LogP contribution is 2.40. The van der Waals surface area contributed by atoms with E-state index >= 15 is 0 Å². The van der Waals surface area contributed by atoms with E-state index in [0.717, 1.165) is 33.9 Å². The van der Waals surface area contributed by atoms with E-state index in [4.69, 9.17) is 0 Å². The summed E-state index contributed by atoms with van der Waals surface area (Å²) in [6.45, 7) is 0. The molecule has 1 heterocycles. The number of halogens is 4. The molecule has 4 rings (SSSR count). The Hall–Kier alpha value is -3.18. The molecule has 0 unspecified atom stereocenters. The number of benzene rings is 3. The highest BCUT2D eigenvalue weighted by Gasteiger charge is 2.33. The lowest BCUT2D eigenvalue weighted by Gasteiger charge is -2.11. The second kappa shape index (κ2) is 8.75. The van der Waals surface area contributed by atoms with Crippen molar-refractivity contribution in [1.29, 1.82) is 0 Å². The first-order chi connectivity index (χ1) is 15.2. The first-order valence-corrected chi connectivity index (χ1v) is 10.7. The van der Waals surface area contributed by atoms with E-state index in [1.165, 1.54) is 0 Å². The van der Waals surface area contributed by atoms with Crippen LogP contribution in [0, 0.1) is 10.1 Å². The molecule has 0 saturated heterocycles. The van der Waals surface area contributed by atoms with E-state index in [9.17, 15) is 23.3 Å². The average Bonchev–Trinajstić information content (AvgIpc) is 3.17. The number of nitrogens with zero attached hydrogens (tertiary/aromatic N) is 4. The van der Waals surface area contributed by atoms with E-state index in [0.29, 0.717) is 17.6 Å². The van der Waals surface area contributed by atoms with Crippen molar-refractivity contribution in [2.24, 2.45) is 0 Å². The summed E-state index contributed by atoms with van der Waals surface area (Å²) in [5.41, 5.74) is -0.307. The Bertz CT molecular complexity index is 1300. The van der Waals surface area contributed by atoms with Gasteiger partial charge in [0.2, 0.25) is 5.16 Å². The van der Waals surface area contributed by atoms with E-state index in [1.807, 2.05) is 54.6 Å². The fourth-order valence-electron chi connectivity index (χ4n) is 2.98. The summed E-state index contributed by atoms with van der Waals surface area (Å²) in [4.78, 5) is 10.7. The molecule has 0 N–H and O–H groups in total. The molecule has 0 bridgehead atoms. The minimum atomic E-state index is -4.69. The Kier molecular flexibility index (Phi) is 6.02. The lowest BCUT2D eigenvalue weighted by atomic mass is 10.2. The van der Waals surface area contributed by atoms with Gasteiger partial charge in [0.15, 0.2) is 5.82 Å². The maximum absolute atomic E-state index is 13.0. The molecular weight excluding hydrogens is 509 g/mol. The molecule has 1 aromatic heterocycles. The van der Waals surface area contributed by atoms with Crippen LogP contribution in [-0.2, 0) is 6.18 Å². The van der Waals surface area contributed by atoms with Crippen LogP contribution < -0.4 is 0 Å². The van der Waals surface area contributed by atoms with Crippen LogP contribution in [0.3, 0.4) is 0 Å². The molecule has 0 radical (unpaired) electrons. The van der Waals surface area contributed by atoms with Crippen molar-refractivity contribution in [3.8, 4) is 17.1 Å². The van der Waals surface area contributed by atoms with Gasteiger partial charge in [-0.2, -0.15) is 13.2 Å². The van der Waals surface area contributed by atoms with Gasteiger partial charge in [-0.25, -0.2) is 0 Å². The Labute approximate surface area is 192 Å². The summed E-state index contributed by atoms with van der Waals surface area (Å²) in [6, 6.07) is 18.9. The monoisotopic (exact) mass is 520 g/mol. The van der Waals surface area contributed by atoms with E-state index in [-0.39, 0.29) is 10.1 Å². The van der Waals surface area contributed by atoms with Crippen LogP contribution in [0.5, 0.6) is 0 Å². The van der Waals surface area contributed by atoms with Crippen molar-refractivity contribution in [2.75, 3.05) is 0 Å². The summed E-state index contributed by atoms with van der Waals surface area (Å²) >= 11 is 4.29. The van der Waals surface area contributed by atoms with E-state index in [2.05, 4.69) is 26.1 Å². The summed E-state index contributed by atoms with van der Waals surface area (Å²) in [5, 5.41) is 20.2. The molecule has 32 heavy (non-hydrogen) atoms. The normalized spacial score (nSPS) is 11.5. The Balaban J connectivity index is 1.84. The van der Waals surface area contributed by atoms with Crippen molar-refractivity contribution in [2.45, 2.75) is 16.2 Å². The first-order valence-electron chi connectivity index (χ1n) is 9.04. The van der Waals surface area contributed by atoms with Gasteiger partial charge in [-0.05, 0) is 48.2 Å². The van der Waals surface area contributed by atoms with Crippen molar-refractivity contribution in [3.05, 3.63) is 92.9 Å². The molecule has 0 aliphatic rings. The van der Waals surface area contributed by atoms with Crippen LogP contribution in [0.2, 0.25) is 0 Å². The zero-order chi connectivity index (χ0) is 22.9. The first kappa shape index (κ1) is 22.0.